The quantitative estimate of drug-likeness (QED) is 0.372. The summed E-state index contributed by atoms with van der Waals surface area (Å²) >= 11 is 4.27. The second-order valence-electron chi connectivity index (χ2n) is 6.37. The standard InChI is InChI=1S/C14H18N6O4S/c1-19(2)5-16-13-17-10-7(11(22)18-13)15-6-20(10)12-8-9(21)14(4-25,24-12)3-23-8/h5-6,8-9,12,21,25H,3-4H2,1-2H3,(H,17,18,22)/t8?,9-,12-,14-/m1/s1. The van der Waals surface area contributed by atoms with Gasteiger partial charge in [0, 0.05) is 19.8 Å². The van der Waals surface area contributed by atoms with Crippen LogP contribution in [0.5, 0.6) is 0 Å². The number of nitrogens with one attached hydrogen (secondary N) is 1. The van der Waals surface area contributed by atoms with Crippen LogP contribution in [0.15, 0.2) is 16.1 Å². The molecule has 11 heteroatoms. The summed E-state index contributed by atoms with van der Waals surface area (Å²) in [4.78, 5) is 29.1. The van der Waals surface area contributed by atoms with Gasteiger partial charge in [-0.15, -0.1) is 0 Å². The molecule has 4 rings (SSSR count). The van der Waals surface area contributed by atoms with Crippen molar-refractivity contribution in [1.82, 2.24) is 24.4 Å². The number of aromatic nitrogens is 4. The molecule has 0 saturated carbocycles. The first-order chi connectivity index (χ1) is 11.9. The van der Waals surface area contributed by atoms with Crippen molar-refractivity contribution in [3.05, 3.63) is 16.7 Å². The van der Waals surface area contributed by atoms with Crippen LogP contribution in [0, 0.1) is 0 Å². The normalized spacial score (nSPS) is 31.4. The first-order valence-corrected chi connectivity index (χ1v) is 8.34. The van der Waals surface area contributed by atoms with E-state index < -0.39 is 29.6 Å². The average Bonchev–Trinajstić information content (AvgIpc) is 3.23. The molecule has 0 aromatic carbocycles. The van der Waals surface area contributed by atoms with E-state index >= 15 is 0 Å². The molecule has 2 bridgehead atoms. The molecule has 134 valence electrons. The fourth-order valence-electron chi connectivity index (χ4n) is 3.09. The van der Waals surface area contributed by atoms with E-state index in [4.69, 9.17) is 9.47 Å². The molecule has 0 aliphatic carbocycles. The molecule has 2 aromatic rings. The molecular weight excluding hydrogens is 348 g/mol. The van der Waals surface area contributed by atoms with Gasteiger partial charge in [0.2, 0.25) is 5.95 Å². The van der Waals surface area contributed by atoms with Crippen LogP contribution in [0.1, 0.15) is 6.23 Å². The van der Waals surface area contributed by atoms with Gasteiger partial charge in [-0.1, -0.05) is 0 Å². The largest absolute Gasteiger partial charge is 0.387 e. The second kappa shape index (κ2) is 5.80. The zero-order chi connectivity index (χ0) is 17.8. The van der Waals surface area contributed by atoms with Crippen molar-refractivity contribution < 1.29 is 14.6 Å². The van der Waals surface area contributed by atoms with E-state index in [0.29, 0.717) is 11.4 Å². The van der Waals surface area contributed by atoms with E-state index in [1.165, 1.54) is 12.7 Å². The van der Waals surface area contributed by atoms with E-state index in [9.17, 15) is 9.90 Å². The zero-order valence-corrected chi connectivity index (χ0v) is 14.6. The summed E-state index contributed by atoms with van der Waals surface area (Å²) in [6.07, 6.45) is 0.975. The lowest BCUT2D eigenvalue weighted by molar-refractivity contribution is -0.162. The number of ether oxygens (including phenoxy) is 2. The number of hydrogen-bond donors (Lipinski definition) is 3. The Bertz CT molecular complexity index is 895. The van der Waals surface area contributed by atoms with Crippen molar-refractivity contribution in [2.75, 3.05) is 26.5 Å². The van der Waals surface area contributed by atoms with Gasteiger partial charge in [0.1, 0.15) is 17.8 Å². The zero-order valence-electron chi connectivity index (χ0n) is 13.7. The highest BCUT2D eigenvalue weighted by molar-refractivity contribution is 7.80. The predicted octanol–water partition coefficient (Wildman–Crippen LogP) is -0.702. The minimum atomic E-state index is -0.859. The molecule has 0 amide bonds. The highest BCUT2D eigenvalue weighted by Gasteiger charge is 2.61. The van der Waals surface area contributed by atoms with Crippen molar-refractivity contribution >= 4 is 36.1 Å². The third-order valence-corrected chi connectivity index (χ3v) is 4.91. The van der Waals surface area contributed by atoms with Crippen LogP contribution in [0.2, 0.25) is 0 Å². The number of rotatable bonds is 4. The number of hydrogen-bond acceptors (Lipinski definition) is 8. The number of thiol groups is 1. The number of fused-ring (bicyclic) bond motifs is 3. The monoisotopic (exact) mass is 366 g/mol. The van der Waals surface area contributed by atoms with Crippen LogP contribution >= 0.6 is 12.6 Å². The minimum absolute atomic E-state index is 0.154. The first kappa shape index (κ1) is 16.5. The van der Waals surface area contributed by atoms with Crippen molar-refractivity contribution in [3.8, 4) is 0 Å². The smallest absolute Gasteiger partial charge is 0.280 e. The third kappa shape index (κ3) is 2.46. The Hall–Kier alpha value is -1.95. The Morgan fingerprint density at radius 1 is 1.64 bits per heavy atom. The van der Waals surface area contributed by atoms with Gasteiger partial charge in [-0.05, 0) is 0 Å². The molecule has 2 aliphatic heterocycles. The van der Waals surface area contributed by atoms with E-state index in [1.807, 2.05) is 14.1 Å². The van der Waals surface area contributed by atoms with Crippen molar-refractivity contribution in [3.63, 3.8) is 0 Å². The highest BCUT2D eigenvalue weighted by Crippen LogP contribution is 2.45. The Balaban J connectivity index is 1.78. The second-order valence-corrected chi connectivity index (χ2v) is 6.69. The molecule has 4 atom stereocenters. The van der Waals surface area contributed by atoms with Gasteiger partial charge in [-0.3, -0.25) is 14.3 Å². The maximum Gasteiger partial charge on any atom is 0.280 e. The third-order valence-electron chi connectivity index (χ3n) is 4.38. The Morgan fingerprint density at radius 3 is 3.12 bits per heavy atom. The number of aromatic amines is 1. The molecule has 2 aliphatic rings. The fraction of sp³-hybridized carbons (Fsp3) is 0.571. The number of aliphatic imine (C=N–C) groups is 1. The molecule has 4 heterocycles. The SMILES string of the molecule is CN(C)C=Nc1nc2c(ncn2[C@@H]2O[C@@]3(CS)COC2[C@H]3O)c(=O)[nH]1. The molecule has 2 aromatic heterocycles. The number of H-pyrrole nitrogens is 1. The molecule has 0 spiro atoms. The molecule has 2 N–H and O–H groups in total. The minimum Gasteiger partial charge on any atom is -0.387 e. The number of nitrogens with zero attached hydrogens (tertiary/aromatic N) is 5. The molecule has 10 nitrogen and oxygen atoms in total. The lowest BCUT2D eigenvalue weighted by Crippen LogP contribution is -2.42. The van der Waals surface area contributed by atoms with Crippen LogP contribution in [0.3, 0.4) is 0 Å². The summed E-state index contributed by atoms with van der Waals surface area (Å²) in [6.45, 7) is 0.276. The van der Waals surface area contributed by atoms with Crippen LogP contribution < -0.4 is 5.56 Å². The van der Waals surface area contributed by atoms with E-state index in [0.717, 1.165) is 0 Å². The average molecular weight is 366 g/mol. The number of imidazole rings is 1. The van der Waals surface area contributed by atoms with Gasteiger partial charge in [0.05, 0.1) is 19.3 Å². The van der Waals surface area contributed by atoms with Crippen molar-refractivity contribution in [2.45, 2.75) is 24.0 Å². The molecule has 2 saturated heterocycles. The molecule has 1 unspecified atom stereocenters. The lowest BCUT2D eigenvalue weighted by atomic mass is 10.0. The summed E-state index contributed by atoms with van der Waals surface area (Å²) < 4.78 is 13.3. The van der Waals surface area contributed by atoms with E-state index in [1.54, 1.807) is 9.47 Å². The van der Waals surface area contributed by atoms with Gasteiger partial charge in [0.15, 0.2) is 17.4 Å². The topological polar surface area (TPSA) is 118 Å². The van der Waals surface area contributed by atoms with Crippen molar-refractivity contribution in [2.24, 2.45) is 4.99 Å². The van der Waals surface area contributed by atoms with Gasteiger partial charge in [-0.2, -0.15) is 17.6 Å². The van der Waals surface area contributed by atoms with Gasteiger partial charge in [0.25, 0.3) is 5.56 Å². The van der Waals surface area contributed by atoms with Gasteiger partial charge < -0.3 is 19.5 Å². The fourth-order valence-corrected chi connectivity index (χ4v) is 3.44. The predicted molar refractivity (Wildman–Crippen MR) is 92.4 cm³/mol. The number of aliphatic hydroxyl groups excluding tert-OH is 1. The summed E-state index contributed by atoms with van der Waals surface area (Å²) in [7, 11) is 3.62. The van der Waals surface area contributed by atoms with E-state index in [-0.39, 0.29) is 18.1 Å². The Labute approximate surface area is 147 Å². The van der Waals surface area contributed by atoms with Crippen LogP contribution in [0.4, 0.5) is 5.95 Å². The summed E-state index contributed by atoms with van der Waals surface area (Å²) in [6, 6.07) is 0. The van der Waals surface area contributed by atoms with Crippen LogP contribution in [0.25, 0.3) is 11.2 Å². The highest BCUT2D eigenvalue weighted by atomic mass is 32.1. The van der Waals surface area contributed by atoms with Gasteiger partial charge in [-0.25, -0.2) is 9.98 Å². The lowest BCUT2D eigenvalue weighted by Gasteiger charge is -2.29. The molecule has 25 heavy (non-hydrogen) atoms. The van der Waals surface area contributed by atoms with E-state index in [2.05, 4.69) is 32.6 Å². The molecular formula is C14H18N6O4S. The summed E-state index contributed by atoms with van der Waals surface area (Å²) in [5.74, 6) is 0.474. The number of aliphatic hydroxyl groups is 1. The van der Waals surface area contributed by atoms with Crippen molar-refractivity contribution in [1.29, 1.82) is 0 Å². The van der Waals surface area contributed by atoms with Crippen LogP contribution in [-0.2, 0) is 9.47 Å². The molecule has 2 fully saturated rings. The summed E-state index contributed by atoms with van der Waals surface area (Å²) in [5.41, 5.74) is -0.771. The molecule has 0 radical (unpaired) electrons. The Morgan fingerprint density at radius 2 is 2.44 bits per heavy atom. The van der Waals surface area contributed by atoms with Crippen LogP contribution in [-0.4, -0.2) is 80.1 Å². The maximum absolute atomic E-state index is 12.2. The maximum atomic E-state index is 12.2. The first-order valence-electron chi connectivity index (χ1n) is 7.71. The van der Waals surface area contributed by atoms with Gasteiger partial charge >= 0.3 is 0 Å². The summed E-state index contributed by atoms with van der Waals surface area (Å²) in [5, 5.41) is 10.4. The Kier molecular flexibility index (Phi) is 3.83.